The molecule has 0 radical (unpaired) electrons. The summed E-state index contributed by atoms with van der Waals surface area (Å²) in [5.41, 5.74) is 0.437. The maximum atomic E-state index is 10.7. The van der Waals surface area contributed by atoms with Crippen LogP contribution in [-0.2, 0) is 0 Å². The van der Waals surface area contributed by atoms with Crippen molar-refractivity contribution in [1.82, 2.24) is 0 Å². The molecule has 16 heavy (non-hydrogen) atoms. The van der Waals surface area contributed by atoms with E-state index in [-0.39, 0.29) is 29.2 Å². The Balaban J connectivity index is 2.98. The predicted octanol–water partition coefficient (Wildman–Crippen LogP) is 1.23. The Morgan fingerprint density at radius 3 is 2.62 bits per heavy atom. The molecule has 0 aliphatic heterocycles. The number of aliphatic hydroxyl groups excluding tert-OH is 2. The van der Waals surface area contributed by atoms with Crippen molar-refractivity contribution in [3.8, 4) is 5.75 Å². The minimum absolute atomic E-state index is 0.0649. The van der Waals surface area contributed by atoms with Gasteiger partial charge in [-0.15, -0.1) is 11.6 Å². The monoisotopic (exact) mass is 244 g/mol. The molecular formula is C11H13ClO4. The molecule has 0 aliphatic rings. The summed E-state index contributed by atoms with van der Waals surface area (Å²) < 4.78 is 0. The molecule has 2 atom stereocenters. The molecule has 88 valence electrons. The third kappa shape index (κ3) is 2.95. The zero-order chi connectivity index (χ0) is 12.1. The molecule has 0 saturated carbocycles. The number of halogens is 1. The molecule has 1 rings (SSSR count). The highest BCUT2D eigenvalue weighted by Crippen LogP contribution is 2.25. The maximum Gasteiger partial charge on any atom is 0.150 e. The number of phenols is 1. The van der Waals surface area contributed by atoms with Crippen LogP contribution in [0.3, 0.4) is 0 Å². The molecule has 0 heterocycles. The van der Waals surface area contributed by atoms with Crippen molar-refractivity contribution in [2.75, 3.05) is 5.88 Å². The summed E-state index contributed by atoms with van der Waals surface area (Å²) in [6, 6.07) is 3.99. The first kappa shape index (κ1) is 13.0. The molecule has 3 N–H and O–H groups in total. The Kier molecular flexibility index (Phi) is 4.73. The third-order valence-electron chi connectivity index (χ3n) is 2.29. The van der Waals surface area contributed by atoms with Gasteiger partial charge in [-0.1, -0.05) is 6.07 Å². The van der Waals surface area contributed by atoms with Crippen LogP contribution in [0.25, 0.3) is 0 Å². The second-order valence-corrected chi connectivity index (χ2v) is 3.80. The number of aldehydes is 1. The van der Waals surface area contributed by atoms with Crippen molar-refractivity contribution < 1.29 is 20.1 Å². The summed E-state index contributed by atoms with van der Waals surface area (Å²) in [4.78, 5) is 10.7. The first-order valence-corrected chi connectivity index (χ1v) is 5.33. The van der Waals surface area contributed by atoms with Gasteiger partial charge in [-0.2, -0.15) is 0 Å². The molecule has 0 spiro atoms. The predicted molar refractivity (Wildman–Crippen MR) is 59.8 cm³/mol. The number of benzene rings is 1. The Morgan fingerprint density at radius 2 is 2.06 bits per heavy atom. The second kappa shape index (κ2) is 5.84. The van der Waals surface area contributed by atoms with Crippen molar-refractivity contribution in [2.45, 2.75) is 18.6 Å². The van der Waals surface area contributed by atoms with Gasteiger partial charge >= 0.3 is 0 Å². The summed E-state index contributed by atoms with van der Waals surface area (Å²) in [7, 11) is 0. The van der Waals surface area contributed by atoms with Crippen LogP contribution in [-0.4, -0.2) is 33.6 Å². The van der Waals surface area contributed by atoms with Gasteiger partial charge in [0, 0.05) is 11.4 Å². The fourth-order valence-electron chi connectivity index (χ4n) is 1.41. The number of phenolic OH excluding ortho intramolecular Hbond substituents is 1. The van der Waals surface area contributed by atoms with Crippen molar-refractivity contribution in [1.29, 1.82) is 0 Å². The average Bonchev–Trinajstić information content (AvgIpc) is 2.28. The van der Waals surface area contributed by atoms with E-state index in [1.165, 1.54) is 18.2 Å². The number of carbonyl (C=O) groups excluding carboxylic acids is 1. The molecule has 2 unspecified atom stereocenters. The minimum Gasteiger partial charge on any atom is -0.508 e. The number of hydrogen-bond donors (Lipinski definition) is 3. The van der Waals surface area contributed by atoms with Gasteiger partial charge in [-0.3, -0.25) is 4.79 Å². The first-order chi connectivity index (χ1) is 7.60. The molecule has 0 bridgehead atoms. The largest absolute Gasteiger partial charge is 0.508 e. The van der Waals surface area contributed by atoms with Crippen LogP contribution < -0.4 is 0 Å². The first-order valence-electron chi connectivity index (χ1n) is 4.80. The Hall–Kier alpha value is -1.10. The summed E-state index contributed by atoms with van der Waals surface area (Å²) >= 11 is 5.45. The summed E-state index contributed by atoms with van der Waals surface area (Å²) in [5, 5.41) is 28.5. The second-order valence-electron chi connectivity index (χ2n) is 3.42. The SMILES string of the molecule is O=Cc1cc(O)ccc1C(O)C(O)CCCl. The van der Waals surface area contributed by atoms with Crippen LogP contribution in [0, 0.1) is 0 Å². The highest BCUT2D eigenvalue weighted by atomic mass is 35.5. The van der Waals surface area contributed by atoms with Crippen LogP contribution in [0.5, 0.6) is 5.75 Å². The topological polar surface area (TPSA) is 77.8 Å². The van der Waals surface area contributed by atoms with E-state index in [1.807, 2.05) is 0 Å². The molecule has 0 aromatic heterocycles. The van der Waals surface area contributed by atoms with Gasteiger partial charge in [-0.25, -0.2) is 0 Å². The molecule has 0 saturated heterocycles. The number of carbonyl (C=O) groups is 1. The van der Waals surface area contributed by atoms with Gasteiger partial charge in [0.2, 0.25) is 0 Å². The lowest BCUT2D eigenvalue weighted by molar-refractivity contribution is 0.0166. The van der Waals surface area contributed by atoms with E-state index in [0.717, 1.165) is 0 Å². The molecule has 1 aromatic carbocycles. The molecule has 0 fully saturated rings. The van der Waals surface area contributed by atoms with Crippen molar-refractivity contribution in [3.63, 3.8) is 0 Å². The van der Waals surface area contributed by atoms with E-state index >= 15 is 0 Å². The number of hydrogen-bond acceptors (Lipinski definition) is 4. The van der Waals surface area contributed by atoms with Gasteiger partial charge in [0.15, 0.2) is 6.29 Å². The van der Waals surface area contributed by atoms with E-state index in [0.29, 0.717) is 6.29 Å². The summed E-state index contributed by atoms with van der Waals surface area (Å²) in [6.45, 7) is 0. The van der Waals surface area contributed by atoms with Gasteiger partial charge < -0.3 is 15.3 Å². The molecule has 0 amide bonds. The zero-order valence-electron chi connectivity index (χ0n) is 8.51. The summed E-state index contributed by atoms with van der Waals surface area (Å²) in [6.07, 6.45) is -1.46. The van der Waals surface area contributed by atoms with E-state index in [9.17, 15) is 15.0 Å². The van der Waals surface area contributed by atoms with Gasteiger partial charge in [0.05, 0.1) is 6.10 Å². The Labute approximate surface area is 98.1 Å². The standard InChI is InChI=1S/C11H13ClO4/c12-4-3-10(15)11(16)9-2-1-8(14)5-7(9)6-13/h1-2,5-6,10-11,14-16H,3-4H2. The fourth-order valence-corrected chi connectivity index (χ4v) is 1.63. The molecule has 5 heteroatoms. The lowest BCUT2D eigenvalue weighted by Gasteiger charge is -2.18. The zero-order valence-corrected chi connectivity index (χ0v) is 9.26. The van der Waals surface area contributed by atoms with Crippen molar-refractivity contribution in [3.05, 3.63) is 29.3 Å². The van der Waals surface area contributed by atoms with Crippen LogP contribution in [0.2, 0.25) is 0 Å². The molecular weight excluding hydrogens is 232 g/mol. The lowest BCUT2D eigenvalue weighted by Crippen LogP contribution is -2.19. The van der Waals surface area contributed by atoms with Crippen LogP contribution in [0.1, 0.15) is 28.4 Å². The molecule has 1 aromatic rings. The van der Waals surface area contributed by atoms with E-state index in [1.54, 1.807) is 0 Å². The highest BCUT2D eigenvalue weighted by Gasteiger charge is 2.20. The minimum atomic E-state index is -1.18. The Morgan fingerprint density at radius 1 is 1.38 bits per heavy atom. The highest BCUT2D eigenvalue weighted by molar-refractivity contribution is 6.17. The third-order valence-corrected chi connectivity index (χ3v) is 2.50. The quantitative estimate of drug-likeness (QED) is 0.538. The smallest absolute Gasteiger partial charge is 0.150 e. The lowest BCUT2D eigenvalue weighted by atomic mass is 9.98. The number of aliphatic hydroxyl groups is 2. The van der Waals surface area contributed by atoms with Gasteiger partial charge in [-0.05, 0) is 24.1 Å². The van der Waals surface area contributed by atoms with E-state index in [4.69, 9.17) is 16.7 Å². The van der Waals surface area contributed by atoms with Gasteiger partial charge in [0.1, 0.15) is 11.9 Å². The number of alkyl halides is 1. The summed E-state index contributed by atoms with van der Waals surface area (Å²) in [5.74, 6) is 0.150. The number of rotatable bonds is 5. The van der Waals surface area contributed by atoms with Gasteiger partial charge in [0.25, 0.3) is 0 Å². The van der Waals surface area contributed by atoms with E-state index in [2.05, 4.69) is 0 Å². The van der Waals surface area contributed by atoms with Crippen LogP contribution in [0.4, 0.5) is 0 Å². The fraction of sp³-hybridized carbons (Fsp3) is 0.364. The molecule has 4 nitrogen and oxygen atoms in total. The maximum absolute atomic E-state index is 10.7. The van der Waals surface area contributed by atoms with Crippen LogP contribution >= 0.6 is 11.6 Å². The van der Waals surface area contributed by atoms with Crippen molar-refractivity contribution >= 4 is 17.9 Å². The number of aromatic hydroxyl groups is 1. The average molecular weight is 245 g/mol. The normalized spacial score (nSPS) is 14.4. The molecule has 0 aliphatic carbocycles. The van der Waals surface area contributed by atoms with Crippen LogP contribution in [0.15, 0.2) is 18.2 Å². The van der Waals surface area contributed by atoms with Crippen molar-refractivity contribution in [2.24, 2.45) is 0 Å². The Bertz CT molecular complexity index is 367. The van der Waals surface area contributed by atoms with E-state index < -0.39 is 12.2 Å².